The third-order valence-corrected chi connectivity index (χ3v) is 3.70. The molecule has 0 bridgehead atoms. The summed E-state index contributed by atoms with van der Waals surface area (Å²) in [6.07, 6.45) is 3.78. The quantitative estimate of drug-likeness (QED) is 0.879. The van der Waals surface area contributed by atoms with E-state index in [1.54, 1.807) is 18.3 Å². The number of benzene rings is 1. The molecule has 1 aromatic heterocycles. The van der Waals surface area contributed by atoms with E-state index in [-0.39, 0.29) is 17.2 Å². The van der Waals surface area contributed by atoms with Gasteiger partial charge in [0.2, 0.25) is 0 Å². The van der Waals surface area contributed by atoms with E-state index in [2.05, 4.69) is 0 Å². The molecule has 2 N–H and O–H groups in total. The lowest BCUT2D eigenvalue weighted by molar-refractivity contribution is 0.0456. The van der Waals surface area contributed by atoms with Crippen LogP contribution in [0.2, 0.25) is 5.02 Å². The summed E-state index contributed by atoms with van der Waals surface area (Å²) in [7, 11) is 0. The predicted molar refractivity (Wildman–Crippen MR) is 77.6 cm³/mol. The van der Waals surface area contributed by atoms with E-state index in [0.717, 1.165) is 12.8 Å². The highest BCUT2D eigenvalue weighted by atomic mass is 35.5. The maximum Gasteiger partial charge on any atom is 0.355 e. The maximum atomic E-state index is 13.7. The molecule has 3 rings (SSSR count). The lowest BCUT2D eigenvalue weighted by Gasteiger charge is -2.09. The monoisotopic (exact) mass is 308 g/mol. The Kier molecular flexibility index (Phi) is 3.59. The molecule has 1 aromatic carbocycles. The molecular weight excluding hydrogens is 295 g/mol. The van der Waals surface area contributed by atoms with E-state index in [0.29, 0.717) is 17.4 Å². The van der Waals surface area contributed by atoms with Crippen molar-refractivity contribution in [2.24, 2.45) is 0 Å². The van der Waals surface area contributed by atoms with E-state index in [1.807, 2.05) is 4.57 Å². The first-order valence-corrected chi connectivity index (χ1v) is 7.01. The molecule has 1 aliphatic carbocycles. The van der Waals surface area contributed by atoms with Crippen LogP contribution in [0.4, 0.5) is 10.1 Å². The fourth-order valence-corrected chi connectivity index (χ4v) is 2.39. The van der Waals surface area contributed by atoms with Crippen LogP contribution in [0.25, 0.3) is 0 Å². The van der Waals surface area contributed by atoms with Gasteiger partial charge in [0, 0.05) is 17.8 Å². The van der Waals surface area contributed by atoms with Crippen LogP contribution in [0.1, 0.15) is 34.9 Å². The van der Waals surface area contributed by atoms with Crippen molar-refractivity contribution in [3.8, 4) is 0 Å². The number of halogens is 2. The van der Waals surface area contributed by atoms with Crippen molar-refractivity contribution < 1.29 is 13.9 Å². The summed E-state index contributed by atoms with van der Waals surface area (Å²) in [6.45, 7) is -0.166. The zero-order valence-electron chi connectivity index (χ0n) is 11.2. The highest BCUT2D eigenvalue weighted by molar-refractivity contribution is 6.30. The second kappa shape index (κ2) is 5.41. The Bertz CT molecular complexity index is 695. The Morgan fingerprint density at radius 1 is 1.48 bits per heavy atom. The van der Waals surface area contributed by atoms with Gasteiger partial charge in [-0.2, -0.15) is 0 Å². The van der Waals surface area contributed by atoms with Crippen molar-refractivity contribution in [3.63, 3.8) is 0 Å². The Morgan fingerprint density at radius 3 is 2.95 bits per heavy atom. The number of hydrogen-bond acceptors (Lipinski definition) is 3. The van der Waals surface area contributed by atoms with Gasteiger partial charge in [-0.3, -0.25) is 0 Å². The molecule has 0 radical (unpaired) electrons. The average Bonchev–Trinajstić information content (AvgIpc) is 3.23. The third kappa shape index (κ3) is 2.88. The van der Waals surface area contributed by atoms with Crippen LogP contribution in [-0.4, -0.2) is 10.5 Å². The molecular formula is C15H14ClFN2O2. The number of rotatable bonds is 4. The highest BCUT2D eigenvalue weighted by Gasteiger charge is 2.28. The van der Waals surface area contributed by atoms with Crippen LogP contribution in [0.15, 0.2) is 30.5 Å². The van der Waals surface area contributed by atoms with Crippen LogP contribution in [0.5, 0.6) is 0 Å². The lowest BCUT2D eigenvalue weighted by Crippen LogP contribution is -2.11. The minimum atomic E-state index is -0.566. The molecule has 1 saturated carbocycles. The molecule has 0 amide bonds. The first-order valence-electron chi connectivity index (χ1n) is 6.63. The number of nitrogens with zero attached hydrogens (tertiary/aromatic N) is 1. The van der Waals surface area contributed by atoms with Gasteiger partial charge in [0.15, 0.2) is 0 Å². The molecule has 6 heteroatoms. The molecule has 0 spiro atoms. The number of nitrogens with two attached hydrogens (primary N) is 1. The van der Waals surface area contributed by atoms with Crippen LogP contribution >= 0.6 is 11.6 Å². The lowest BCUT2D eigenvalue weighted by atomic mass is 10.2. The SMILES string of the molecule is Nc1cc(C(=O)OCc2cccc(Cl)c2F)n(C2CC2)c1. The molecule has 1 heterocycles. The summed E-state index contributed by atoms with van der Waals surface area (Å²) in [6, 6.07) is 6.48. The van der Waals surface area contributed by atoms with E-state index >= 15 is 0 Å². The largest absolute Gasteiger partial charge is 0.456 e. The van der Waals surface area contributed by atoms with E-state index < -0.39 is 11.8 Å². The molecule has 1 aliphatic rings. The number of anilines is 1. The van der Waals surface area contributed by atoms with Gasteiger partial charge in [-0.05, 0) is 25.0 Å². The van der Waals surface area contributed by atoms with Gasteiger partial charge in [-0.1, -0.05) is 23.7 Å². The molecule has 110 valence electrons. The maximum absolute atomic E-state index is 13.7. The Hall–Kier alpha value is -2.01. The van der Waals surface area contributed by atoms with Gasteiger partial charge >= 0.3 is 5.97 Å². The van der Waals surface area contributed by atoms with Gasteiger partial charge in [0.1, 0.15) is 18.1 Å². The molecule has 1 fully saturated rings. The second-order valence-corrected chi connectivity index (χ2v) is 5.49. The number of nitrogen functional groups attached to an aromatic ring is 1. The van der Waals surface area contributed by atoms with Crippen LogP contribution in [-0.2, 0) is 11.3 Å². The first kappa shape index (κ1) is 13.9. The van der Waals surface area contributed by atoms with Crippen LogP contribution < -0.4 is 5.73 Å². The number of aromatic nitrogens is 1. The number of carbonyl (C=O) groups excluding carboxylic acids is 1. The molecule has 0 atom stereocenters. The van der Waals surface area contributed by atoms with Crippen molar-refractivity contribution in [1.82, 2.24) is 4.57 Å². The predicted octanol–water partition coefficient (Wildman–Crippen LogP) is 3.55. The van der Waals surface area contributed by atoms with E-state index in [4.69, 9.17) is 22.1 Å². The average molecular weight is 309 g/mol. The zero-order valence-corrected chi connectivity index (χ0v) is 11.9. The summed E-state index contributed by atoms with van der Waals surface area (Å²) in [5.74, 6) is -1.08. The standard InChI is InChI=1S/C15H14ClFN2O2/c16-12-3-1-2-9(14(12)17)8-21-15(20)13-6-10(18)7-19(13)11-4-5-11/h1-3,6-7,11H,4-5,8,18H2. The van der Waals surface area contributed by atoms with Crippen LogP contribution in [0, 0.1) is 5.82 Å². The van der Waals surface area contributed by atoms with Gasteiger partial charge in [-0.15, -0.1) is 0 Å². The first-order chi connectivity index (χ1) is 10.1. The summed E-state index contributed by atoms with van der Waals surface area (Å²) in [5.41, 5.74) is 6.89. The minimum absolute atomic E-state index is 0.00847. The van der Waals surface area contributed by atoms with Crippen LogP contribution in [0.3, 0.4) is 0 Å². The van der Waals surface area contributed by atoms with Gasteiger partial charge in [0.05, 0.1) is 10.7 Å². The van der Waals surface area contributed by atoms with Gasteiger partial charge in [0.25, 0.3) is 0 Å². The summed E-state index contributed by atoms with van der Waals surface area (Å²) in [4.78, 5) is 12.1. The Balaban J connectivity index is 1.73. The molecule has 4 nitrogen and oxygen atoms in total. The van der Waals surface area contributed by atoms with Gasteiger partial charge < -0.3 is 15.0 Å². The normalized spacial score (nSPS) is 14.2. The van der Waals surface area contributed by atoms with E-state index in [9.17, 15) is 9.18 Å². The van der Waals surface area contributed by atoms with Crippen molar-refractivity contribution in [3.05, 3.63) is 52.6 Å². The number of hydrogen-bond donors (Lipinski definition) is 1. The summed E-state index contributed by atoms with van der Waals surface area (Å²) < 4.78 is 20.7. The van der Waals surface area contributed by atoms with Gasteiger partial charge in [-0.25, -0.2) is 9.18 Å². The smallest absolute Gasteiger partial charge is 0.355 e. The molecule has 21 heavy (non-hydrogen) atoms. The van der Waals surface area contributed by atoms with Crippen molar-refractivity contribution in [2.45, 2.75) is 25.5 Å². The topological polar surface area (TPSA) is 57.3 Å². The molecule has 0 unspecified atom stereocenters. The fraction of sp³-hybridized carbons (Fsp3) is 0.267. The third-order valence-electron chi connectivity index (χ3n) is 3.41. The highest BCUT2D eigenvalue weighted by Crippen LogP contribution is 2.37. The Labute approximate surface area is 126 Å². The van der Waals surface area contributed by atoms with E-state index in [1.165, 1.54) is 12.1 Å². The summed E-state index contributed by atoms with van der Waals surface area (Å²) in [5, 5.41) is 0.00847. The molecule has 2 aromatic rings. The molecule has 0 saturated heterocycles. The van der Waals surface area contributed by atoms with Crippen molar-refractivity contribution >= 4 is 23.3 Å². The van der Waals surface area contributed by atoms with Crippen molar-refractivity contribution in [2.75, 3.05) is 5.73 Å². The second-order valence-electron chi connectivity index (χ2n) is 5.09. The molecule has 0 aliphatic heterocycles. The Morgan fingerprint density at radius 2 is 2.24 bits per heavy atom. The number of esters is 1. The number of ether oxygens (including phenoxy) is 1. The minimum Gasteiger partial charge on any atom is -0.456 e. The fourth-order valence-electron chi connectivity index (χ4n) is 2.20. The zero-order chi connectivity index (χ0) is 15.0. The number of carbonyl (C=O) groups is 1. The van der Waals surface area contributed by atoms with Crippen molar-refractivity contribution in [1.29, 1.82) is 0 Å². The summed E-state index contributed by atoms with van der Waals surface area (Å²) >= 11 is 5.69.